The molecule has 6 rings (SSSR count). The van der Waals surface area contributed by atoms with Crippen LogP contribution in [0.25, 0.3) is 0 Å². The molecule has 3 saturated heterocycles. The molecule has 8 nitrogen and oxygen atoms in total. The van der Waals surface area contributed by atoms with Crippen LogP contribution in [0.2, 0.25) is 0 Å². The molecule has 0 saturated carbocycles. The van der Waals surface area contributed by atoms with E-state index in [2.05, 4.69) is 36.3 Å². The van der Waals surface area contributed by atoms with Gasteiger partial charge in [0.1, 0.15) is 6.04 Å². The van der Waals surface area contributed by atoms with E-state index >= 15 is 0 Å². The highest BCUT2D eigenvalue weighted by molar-refractivity contribution is 8.02. The van der Waals surface area contributed by atoms with Crippen LogP contribution in [-0.2, 0) is 27.3 Å². The number of nitrogens with zero attached hydrogens (tertiary/aromatic N) is 2. The maximum Gasteiger partial charge on any atom is 0.248 e. The Kier molecular flexibility index (Phi) is 9.43. The smallest absolute Gasteiger partial charge is 0.248 e. The van der Waals surface area contributed by atoms with Gasteiger partial charge in [0, 0.05) is 36.3 Å². The summed E-state index contributed by atoms with van der Waals surface area (Å²) in [7, 11) is 0. The first kappa shape index (κ1) is 32.1. The topological polar surface area (TPSA) is 102 Å². The number of aliphatic hydroxyl groups is 1. The first-order valence-electron chi connectivity index (χ1n) is 16.4. The molecule has 3 fully saturated rings. The highest BCUT2D eigenvalue weighted by Crippen LogP contribution is 2.68. The number of likely N-dealkylation sites (tertiary alicyclic amines) is 1. The lowest BCUT2D eigenvalue weighted by atomic mass is 9.66. The van der Waals surface area contributed by atoms with Crippen LogP contribution in [0.3, 0.4) is 0 Å². The van der Waals surface area contributed by atoms with Gasteiger partial charge in [-0.1, -0.05) is 67.6 Å². The fraction of sp³-hybridized carbons (Fsp3) is 0.432. The Bertz CT molecular complexity index is 1530. The Hall–Kier alpha value is -3.82. The van der Waals surface area contributed by atoms with Crippen molar-refractivity contribution in [1.82, 2.24) is 10.2 Å². The molecule has 1 spiro atoms. The SMILES string of the molecule is CCN(CC)c1ccc(NC(=O)C2N([C@@H](CO)Cc3ccccc3)C(=O)[C@@H]3[C@H](C(=O)NCc4ccccc4)[C@@H]4CC(C)C23S4)cc1. The van der Waals surface area contributed by atoms with E-state index in [1.165, 1.54) is 0 Å². The summed E-state index contributed by atoms with van der Waals surface area (Å²) < 4.78 is -0.786. The first-order chi connectivity index (χ1) is 22.3. The van der Waals surface area contributed by atoms with E-state index in [1.54, 1.807) is 16.7 Å². The Balaban J connectivity index is 1.33. The van der Waals surface area contributed by atoms with Crippen molar-refractivity contribution >= 4 is 40.9 Å². The van der Waals surface area contributed by atoms with Gasteiger partial charge in [0.05, 0.1) is 29.2 Å². The average Bonchev–Trinajstić information content (AvgIpc) is 3.68. The monoisotopic (exact) mass is 640 g/mol. The minimum atomic E-state index is -0.842. The zero-order valence-electron chi connectivity index (χ0n) is 26.8. The minimum Gasteiger partial charge on any atom is -0.394 e. The van der Waals surface area contributed by atoms with Gasteiger partial charge in [0.2, 0.25) is 17.7 Å². The molecule has 3 N–H and O–H groups in total. The van der Waals surface area contributed by atoms with Crippen LogP contribution in [0.4, 0.5) is 11.4 Å². The fourth-order valence-electron chi connectivity index (χ4n) is 8.05. The normalized spacial score (nSPS) is 26.9. The van der Waals surface area contributed by atoms with Crippen molar-refractivity contribution in [3.05, 3.63) is 96.1 Å². The molecular weight excluding hydrogens is 596 g/mol. The zero-order chi connectivity index (χ0) is 32.4. The van der Waals surface area contributed by atoms with Crippen LogP contribution in [0, 0.1) is 17.8 Å². The van der Waals surface area contributed by atoms with Gasteiger partial charge in [-0.25, -0.2) is 0 Å². The Labute approximate surface area is 275 Å². The predicted molar refractivity (Wildman–Crippen MR) is 183 cm³/mol. The van der Waals surface area contributed by atoms with Crippen LogP contribution >= 0.6 is 11.8 Å². The van der Waals surface area contributed by atoms with E-state index in [0.29, 0.717) is 18.7 Å². The number of anilines is 2. The van der Waals surface area contributed by atoms with Gasteiger partial charge < -0.3 is 25.5 Å². The summed E-state index contributed by atoms with van der Waals surface area (Å²) >= 11 is 1.64. The minimum absolute atomic E-state index is 0.0245. The summed E-state index contributed by atoms with van der Waals surface area (Å²) in [6.07, 6.45) is 1.15. The van der Waals surface area contributed by atoms with Crippen molar-refractivity contribution in [2.75, 3.05) is 29.9 Å². The molecule has 0 radical (unpaired) electrons. The van der Waals surface area contributed by atoms with Crippen molar-refractivity contribution in [3.63, 3.8) is 0 Å². The van der Waals surface area contributed by atoms with Gasteiger partial charge in [-0.15, -0.1) is 11.8 Å². The lowest BCUT2D eigenvalue weighted by Gasteiger charge is -2.40. The van der Waals surface area contributed by atoms with Crippen LogP contribution in [0.15, 0.2) is 84.9 Å². The van der Waals surface area contributed by atoms with Gasteiger partial charge in [-0.05, 0) is 68.0 Å². The van der Waals surface area contributed by atoms with E-state index in [9.17, 15) is 19.5 Å². The fourth-order valence-corrected chi connectivity index (χ4v) is 10.5. The number of benzene rings is 3. The molecule has 3 unspecified atom stereocenters. The molecule has 0 aliphatic carbocycles. The van der Waals surface area contributed by atoms with E-state index in [4.69, 9.17) is 0 Å². The first-order valence-corrected chi connectivity index (χ1v) is 17.3. The third-order valence-corrected chi connectivity index (χ3v) is 12.3. The third-order valence-electron chi connectivity index (χ3n) is 10.2. The second-order valence-corrected chi connectivity index (χ2v) is 14.3. The second kappa shape index (κ2) is 13.5. The van der Waals surface area contributed by atoms with Crippen molar-refractivity contribution < 1.29 is 19.5 Å². The number of hydrogen-bond donors (Lipinski definition) is 3. The number of carbonyl (C=O) groups is 3. The van der Waals surface area contributed by atoms with Gasteiger partial charge in [-0.2, -0.15) is 0 Å². The molecule has 2 bridgehead atoms. The number of amides is 3. The molecule has 3 amide bonds. The van der Waals surface area contributed by atoms with Crippen LogP contribution < -0.4 is 15.5 Å². The Morgan fingerprint density at radius 3 is 2.20 bits per heavy atom. The predicted octanol–water partition coefficient (Wildman–Crippen LogP) is 4.73. The maximum absolute atomic E-state index is 14.7. The molecule has 9 heteroatoms. The van der Waals surface area contributed by atoms with Crippen LogP contribution in [0.1, 0.15) is 38.3 Å². The lowest BCUT2D eigenvalue weighted by molar-refractivity contribution is -0.142. The molecule has 3 aliphatic heterocycles. The van der Waals surface area contributed by atoms with E-state index < -0.39 is 28.7 Å². The van der Waals surface area contributed by atoms with Gasteiger partial charge in [-0.3, -0.25) is 14.4 Å². The lowest BCUT2D eigenvalue weighted by Crippen LogP contribution is -2.57. The molecule has 242 valence electrons. The molecule has 3 aromatic carbocycles. The summed E-state index contributed by atoms with van der Waals surface area (Å²) in [4.78, 5) is 47.0. The number of hydrogen-bond acceptors (Lipinski definition) is 6. The van der Waals surface area contributed by atoms with Crippen molar-refractivity contribution in [2.45, 2.75) is 62.2 Å². The number of thioether (sulfide) groups is 1. The average molecular weight is 641 g/mol. The highest BCUT2D eigenvalue weighted by atomic mass is 32.2. The summed E-state index contributed by atoms with van der Waals surface area (Å²) in [5.41, 5.74) is 3.68. The Morgan fingerprint density at radius 1 is 0.957 bits per heavy atom. The number of rotatable bonds is 12. The maximum atomic E-state index is 14.7. The molecule has 0 aromatic heterocycles. The number of aliphatic hydroxyl groups excluding tert-OH is 1. The Morgan fingerprint density at radius 2 is 1.59 bits per heavy atom. The summed E-state index contributed by atoms with van der Waals surface area (Å²) in [6.45, 7) is 8.17. The van der Waals surface area contributed by atoms with E-state index in [1.807, 2.05) is 84.9 Å². The summed E-state index contributed by atoms with van der Waals surface area (Å²) in [5, 5.41) is 16.9. The van der Waals surface area contributed by atoms with Gasteiger partial charge >= 0.3 is 0 Å². The second-order valence-electron chi connectivity index (χ2n) is 12.7. The van der Waals surface area contributed by atoms with Crippen LogP contribution in [-0.4, -0.2) is 69.5 Å². The summed E-state index contributed by atoms with van der Waals surface area (Å²) in [6, 6.07) is 25.8. The quantitative estimate of drug-likeness (QED) is 0.265. The van der Waals surface area contributed by atoms with Crippen molar-refractivity contribution in [3.8, 4) is 0 Å². The summed E-state index contributed by atoms with van der Waals surface area (Å²) in [5.74, 6) is -1.83. The molecule has 3 aromatic rings. The molecule has 46 heavy (non-hydrogen) atoms. The molecule has 3 aliphatic rings. The third kappa shape index (κ3) is 5.68. The number of nitrogens with one attached hydrogen (secondary N) is 2. The van der Waals surface area contributed by atoms with E-state index in [-0.39, 0.29) is 35.5 Å². The van der Waals surface area contributed by atoms with Crippen LogP contribution in [0.5, 0.6) is 0 Å². The standard InChI is InChI=1S/C37H44N4O4S/c1-4-40(5-2)28-18-16-27(17-19-28)39-35(44)33-37-24(3)20-30(46-37)31(34(43)38-22-26-14-10-7-11-15-26)32(37)36(45)41(33)29(23-42)21-25-12-8-6-9-13-25/h6-19,24,29-33,42H,4-5,20-23H2,1-3H3,(H,38,43)(H,39,44)/t24?,29-,30+,31-,32+,33?,37?/m1/s1. The van der Waals surface area contributed by atoms with Crippen molar-refractivity contribution in [2.24, 2.45) is 17.8 Å². The molecule has 3 heterocycles. The molecule has 7 atom stereocenters. The number of fused-ring (bicyclic) bond motifs is 1. The largest absolute Gasteiger partial charge is 0.394 e. The van der Waals surface area contributed by atoms with Gasteiger partial charge in [0.15, 0.2) is 0 Å². The molecular formula is C37H44N4O4S. The van der Waals surface area contributed by atoms with Crippen molar-refractivity contribution in [1.29, 1.82) is 0 Å². The number of carbonyl (C=O) groups excluding carboxylic acids is 3. The zero-order valence-corrected chi connectivity index (χ0v) is 27.6. The highest BCUT2D eigenvalue weighted by Gasteiger charge is 2.76. The van der Waals surface area contributed by atoms with Gasteiger partial charge in [0.25, 0.3) is 0 Å². The van der Waals surface area contributed by atoms with E-state index in [0.717, 1.165) is 36.3 Å².